The summed E-state index contributed by atoms with van der Waals surface area (Å²) in [7, 11) is 0. The molecule has 0 radical (unpaired) electrons. The van der Waals surface area contributed by atoms with Crippen LogP contribution >= 0.6 is 15.9 Å². The number of halogens is 1. The highest BCUT2D eigenvalue weighted by atomic mass is 79.9. The van der Waals surface area contributed by atoms with E-state index in [0.717, 1.165) is 0 Å². The fourth-order valence-electron chi connectivity index (χ4n) is 8.56. The molecule has 2 aliphatic rings. The molecule has 7 aromatic carbocycles. The molecule has 0 aromatic heterocycles. The molecule has 2 heterocycles. The predicted molar refractivity (Wildman–Crippen MR) is 283 cm³/mol. The molecule has 0 aliphatic carbocycles. The molecule has 18 heteroatoms. The Hall–Kier alpha value is -8.81. The average molecular weight is 1130 g/mol. The third-order valence-electron chi connectivity index (χ3n) is 12.5. The minimum absolute atomic E-state index is 0.0162. The molecule has 79 heavy (non-hydrogen) atoms. The largest absolute Gasteiger partial charge is 0.459 e. The van der Waals surface area contributed by atoms with E-state index in [1.54, 1.807) is 127 Å². The quantitative estimate of drug-likeness (QED) is 0.0445. The molecule has 7 aromatic rings. The summed E-state index contributed by atoms with van der Waals surface area (Å²) in [5.74, 6) is -6.33. The van der Waals surface area contributed by atoms with Gasteiger partial charge in [-0.05, 0) is 84.9 Å². The summed E-state index contributed by atoms with van der Waals surface area (Å²) in [4.78, 5) is 98.9. The number of carbonyl (C=O) groups is 7. The lowest BCUT2D eigenvalue weighted by atomic mass is 9.96. The van der Waals surface area contributed by atoms with Crippen LogP contribution in [0.5, 0.6) is 0 Å². The third kappa shape index (κ3) is 14.0. The van der Waals surface area contributed by atoms with Crippen molar-refractivity contribution in [2.75, 3.05) is 13.2 Å². The van der Waals surface area contributed by atoms with Gasteiger partial charge in [-0.15, -0.1) is 0 Å². The number of benzene rings is 7. The monoisotopic (exact) mass is 1130 g/mol. The van der Waals surface area contributed by atoms with E-state index in [4.69, 9.17) is 47.4 Å². The van der Waals surface area contributed by atoms with Crippen LogP contribution in [0.1, 0.15) is 72.5 Å². The summed E-state index contributed by atoms with van der Waals surface area (Å²) < 4.78 is 63.0. The number of alkyl halides is 1. The number of hydrogen-bond donors (Lipinski definition) is 0. The van der Waals surface area contributed by atoms with Gasteiger partial charge < -0.3 is 47.4 Å². The summed E-state index contributed by atoms with van der Waals surface area (Å²) in [5.41, 5.74) is 0.594. The van der Waals surface area contributed by atoms with Crippen LogP contribution in [0.4, 0.5) is 0 Å². The first kappa shape index (κ1) is 55.0. The molecule has 402 valence electrons. The number of hydrogen-bond acceptors (Lipinski definition) is 17. The minimum atomic E-state index is -2.01. The van der Waals surface area contributed by atoms with Gasteiger partial charge in [0.05, 0.1) is 38.9 Å². The van der Waals surface area contributed by atoms with Crippen molar-refractivity contribution in [3.05, 3.63) is 251 Å². The summed E-state index contributed by atoms with van der Waals surface area (Å²) in [6, 6.07) is 55.1. The van der Waals surface area contributed by atoms with Crippen molar-refractivity contribution in [1.82, 2.24) is 0 Å². The van der Waals surface area contributed by atoms with Crippen LogP contribution in [-0.4, -0.2) is 115 Å². The highest BCUT2D eigenvalue weighted by molar-refractivity contribution is 9.09. The molecule has 17 nitrogen and oxygen atoms in total. The Kier molecular flexibility index (Phi) is 18.4. The van der Waals surface area contributed by atoms with E-state index >= 15 is 0 Å². The lowest BCUT2D eigenvalue weighted by Gasteiger charge is -2.48. The maximum absolute atomic E-state index is 14.5. The Labute approximate surface area is 461 Å². The Morgan fingerprint density at radius 2 is 0.557 bits per heavy atom. The van der Waals surface area contributed by atoms with Crippen molar-refractivity contribution in [3.63, 3.8) is 0 Å². The molecule has 0 saturated carbocycles. The van der Waals surface area contributed by atoms with Gasteiger partial charge in [0, 0.05) is 0 Å². The van der Waals surface area contributed by atoms with E-state index < -0.39 is 115 Å². The summed E-state index contributed by atoms with van der Waals surface area (Å²) in [6.07, 6.45) is -15.7. The van der Waals surface area contributed by atoms with Crippen LogP contribution in [0, 0.1) is 0 Å². The first-order chi connectivity index (χ1) is 38.5. The second-order valence-electron chi connectivity index (χ2n) is 17.8. The number of esters is 7. The molecule has 0 spiro atoms. The summed E-state index contributed by atoms with van der Waals surface area (Å²) in [5, 5.41) is -1.31. The second kappa shape index (κ2) is 26.5. The van der Waals surface area contributed by atoms with Gasteiger partial charge in [0.25, 0.3) is 0 Å². The number of rotatable bonds is 18. The smallest absolute Gasteiger partial charge is 0.338 e. The summed E-state index contributed by atoms with van der Waals surface area (Å²) in [6.45, 7) is -1.34. The Morgan fingerprint density at radius 3 is 0.886 bits per heavy atom. The van der Waals surface area contributed by atoms with Crippen molar-refractivity contribution in [2.45, 2.75) is 60.1 Å². The number of carbonyl (C=O) groups excluding carboxylic acids is 7. The van der Waals surface area contributed by atoms with Crippen molar-refractivity contribution in [3.8, 4) is 0 Å². The average Bonchev–Trinajstić information content (AvgIpc) is 3.51. The zero-order valence-corrected chi connectivity index (χ0v) is 43.3. The SMILES string of the molecule is O=C(OCC1O[C@H](Br)C(OC(=O)c2ccccc2)C(OC(=O)c2ccccc2)[C@@H]1O[C@@H]1OC(COC(=O)c2ccccc2)[C@H](OC(=O)c2ccccc2)[C@@H](OC(=O)c2ccccc2)C1OC(=O)c1ccccc1)c1ccccc1. The van der Waals surface area contributed by atoms with Crippen molar-refractivity contribution >= 4 is 57.7 Å². The van der Waals surface area contributed by atoms with Crippen LogP contribution in [-0.2, 0) is 47.4 Å². The zero-order chi connectivity index (χ0) is 55.1. The van der Waals surface area contributed by atoms with Gasteiger partial charge in [-0.2, -0.15) is 0 Å². The van der Waals surface area contributed by atoms with E-state index in [2.05, 4.69) is 15.9 Å². The van der Waals surface area contributed by atoms with E-state index in [1.165, 1.54) is 84.9 Å². The van der Waals surface area contributed by atoms with Crippen LogP contribution in [0.25, 0.3) is 0 Å². The van der Waals surface area contributed by atoms with E-state index in [0.29, 0.717) is 0 Å². The van der Waals surface area contributed by atoms with Gasteiger partial charge in [0.2, 0.25) is 0 Å². The van der Waals surface area contributed by atoms with Crippen LogP contribution < -0.4 is 0 Å². The second-order valence-corrected chi connectivity index (χ2v) is 18.7. The topological polar surface area (TPSA) is 212 Å². The van der Waals surface area contributed by atoms with E-state index in [1.807, 2.05) is 0 Å². The van der Waals surface area contributed by atoms with Crippen molar-refractivity contribution < 1.29 is 80.9 Å². The standard InChI is InChI=1S/C61H49BrO17/c62-53-51(77-59(68)43-32-18-6-19-33-43)49(75-57(66)41-28-14-4-15-29-41)48(45(72-53)36-70-54(63)38-22-8-1-9-23-38)79-61-52(78-60(69)44-34-20-7-21-35-44)50(76-58(67)42-30-16-5-17-31-42)47(74-56(65)40-26-12-3-13-27-40)46(73-61)37-71-55(64)39-24-10-2-11-25-39/h1-35,45-53,61H,36-37H2/t45?,46?,47-,48+,49?,50+,51?,52?,53-,61-/m0/s1. The Balaban J connectivity index is 1.18. The normalized spacial score (nSPS) is 22.4. The summed E-state index contributed by atoms with van der Waals surface area (Å²) >= 11 is 3.49. The molecule has 0 amide bonds. The van der Waals surface area contributed by atoms with Crippen molar-refractivity contribution in [2.24, 2.45) is 0 Å². The molecule has 0 N–H and O–H groups in total. The van der Waals surface area contributed by atoms with Gasteiger partial charge in [0.1, 0.15) is 31.5 Å². The predicted octanol–water partition coefficient (Wildman–Crippen LogP) is 9.06. The number of ether oxygens (including phenoxy) is 10. The lowest BCUT2D eigenvalue weighted by molar-refractivity contribution is -0.334. The van der Waals surface area contributed by atoms with Gasteiger partial charge in [-0.3, -0.25) is 0 Å². The maximum atomic E-state index is 14.5. The first-order valence-corrected chi connectivity index (χ1v) is 25.8. The van der Waals surface area contributed by atoms with Gasteiger partial charge >= 0.3 is 41.8 Å². The van der Waals surface area contributed by atoms with Crippen LogP contribution in [0.2, 0.25) is 0 Å². The molecule has 5 unspecified atom stereocenters. The molecular formula is C61H49BrO17. The van der Waals surface area contributed by atoms with Crippen molar-refractivity contribution in [1.29, 1.82) is 0 Å². The third-order valence-corrected chi connectivity index (χ3v) is 13.2. The van der Waals surface area contributed by atoms with Gasteiger partial charge in [-0.25, -0.2) is 33.6 Å². The zero-order valence-electron chi connectivity index (χ0n) is 41.7. The van der Waals surface area contributed by atoms with E-state index in [-0.39, 0.29) is 38.9 Å². The molecular weight excluding hydrogens is 1080 g/mol. The fourth-order valence-corrected chi connectivity index (χ4v) is 9.25. The van der Waals surface area contributed by atoms with Gasteiger partial charge in [0.15, 0.2) is 41.8 Å². The highest BCUT2D eigenvalue weighted by Crippen LogP contribution is 2.38. The minimum Gasteiger partial charge on any atom is -0.459 e. The molecule has 2 fully saturated rings. The first-order valence-electron chi connectivity index (χ1n) is 24.9. The molecule has 10 atom stereocenters. The van der Waals surface area contributed by atoms with Crippen LogP contribution in [0.3, 0.4) is 0 Å². The molecule has 2 saturated heterocycles. The molecule has 9 rings (SSSR count). The molecule has 2 aliphatic heterocycles. The Morgan fingerprint density at radius 1 is 0.304 bits per heavy atom. The van der Waals surface area contributed by atoms with Crippen LogP contribution in [0.15, 0.2) is 212 Å². The lowest BCUT2D eigenvalue weighted by Crippen LogP contribution is -2.66. The van der Waals surface area contributed by atoms with Gasteiger partial charge in [-0.1, -0.05) is 143 Å². The molecule has 0 bridgehead atoms. The van der Waals surface area contributed by atoms with E-state index in [9.17, 15) is 33.6 Å². The fraction of sp³-hybridized carbons (Fsp3) is 0.197. The Bertz CT molecular complexity index is 3170. The maximum Gasteiger partial charge on any atom is 0.338 e. The highest BCUT2D eigenvalue weighted by Gasteiger charge is 2.58.